The Kier molecular flexibility index (Phi) is 6.53. The molecule has 1 aliphatic rings. The Labute approximate surface area is 202 Å². The Morgan fingerprint density at radius 3 is 2.56 bits per heavy atom. The molecule has 0 amide bonds. The average molecular weight is 474 g/mol. The summed E-state index contributed by atoms with van der Waals surface area (Å²) in [7, 11) is -3.74. The summed E-state index contributed by atoms with van der Waals surface area (Å²) in [6, 6.07) is 21.6. The zero-order valence-corrected chi connectivity index (χ0v) is 20.4. The van der Waals surface area contributed by atoms with Crippen LogP contribution in [0.2, 0.25) is 0 Å². The summed E-state index contributed by atoms with van der Waals surface area (Å²) in [6.45, 7) is 3.20. The lowest BCUT2D eigenvalue weighted by Gasteiger charge is -2.34. The number of benzene rings is 2. The highest BCUT2D eigenvalue weighted by Crippen LogP contribution is 2.32. The Hall–Kier alpha value is -2.96. The lowest BCUT2D eigenvalue weighted by Crippen LogP contribution is -2.41. The molecule has 0 unspecified atom stereocenters. The van der Waals surface area contributed by atoms with Gasteiger partial charge in [0.25, 0.3) is 0 Å². The SMILES string of the molecule is Cc1ccccc1Cn1cccc1CN(C1CCCCC1)S(=O)(=O)c1cccc2cccnc12. The molecule has 176 valence electrons. The maximum absolute atomic E-state index is 14.2. The Bertz CT molecular complexity index is 1380. The average Bonchev–Trinajstić information content (AvgIpc) is 3.30. The standard InChI is InChI=1S/C28H31N3O2S/c1-22-10-5-6-11-24(22)20-30-19-9-16-26(30)21-31(25-14-3-2-4-15-25)34(32,33)27-17-7-12-23-13-8-18-29-28(23)27/h5-13,16-19,25H,2-4,14-15,20-21H2,1H3. The fourth-order valence-electron chi connectivity index (χ4n) is 5.07. The van der Waals surface area contributed by atoms with Crippen LogP contribution in [0.15, 0.2) is 84.0 Å². The highest BCUT2D eigenvalue weighted by molar-refractivity contribution is 7.89. The molecule has 0 saturated heterocycles. The summed E-state index contributed by atoms with van der Waals surface area (Å²) in [5, 5.41) is 0.843. The van der Waals surface area contributed by atoms with Crippen molar-refractivity contribution in [2.45, 2.75) is 63.1 Å². The van der Waals surface area contributed by atoms with Gasteiger partial charge in [0.15, 0.2) is 0 Å². The van der Waals surface area contributed by atoms with E-state index in [4.69, 9.17) is 0 Å². The van der Waals surface area contributed by atoms with Gasteiger partial charge in [0, 0.05) is 36.1 Å². The van der Waals surface area contributed by atoms with Gasteiger partial charge in [-0.3, -0.25) is 4.98 Å². The number of pyridine rings is 1. The normalized spacial score (nSPS) is 15.2. The molecule has 1 aliphatic carbocycles. The van der Waals surface area contributed by atoms with Crippen LogP contribution in [-0.4, -0.2) is 28.3 Å². The number of fused-ring (bicyclic) bond motifs is 1. The van der Waals surface area contributed by atoms with Gasteiger partial charge < -0.3 is 4.57 Å². The molecule has 4 aromatic rings. The van der Waals surface area contributed by atoms with Crippen LogP contribution in [0.1, 0.15) is 48.9 Å². The Balaban J connectivity index is 1.53. The van der Waals surface area contributed by atoms with Gasteiger partial charge in [-0.15, -0.1) is 0 Å². The van der Waals surface area contributed by atoms with Crippen molar-refractivity contribution in [3.05, 3.63) is 95.9 Å². The third-order valence-corrected chi connectivity index (χ3v) is 8.94. The summed E-state index contributed by atoms with van der Waals surface area (Å²) in [6.07, 6.45) is 8.81. The van der Waals surface area contributed by atoms with Gasteiger partial charge in [0.05, 0.1) is 12.1 Å². The van der Waals surface area contributed by atoms with Crippen LogP contribution in [0.5, 0.6) is 0 Å². The second-order valence-electron chi connectivity index (χ2n) is 9.23. The van der Waals surface area contributed by atoms with Gasteiger partial charge in [-0.1, -0.05) is 61.7 Å². The van der Waals surface area contributed by atoms with E-state index in [1.165, 1.54) is 17.5 Å². The van der Waals surface area contributed by atoms with Crippen molar-refractivity contribution in [1.29, 1.82) is 0 Å². The first-order chi connectivity index (χ1) is 16.5. The molecule has 34 heavy (non-hydrogen) atoms. The van der Waals surface area contributed by atoms with Crippen LogP contribution in [-0.2, 0) is 23.1 Å². The van der Waals surface area contributed by atoms with Gasteiger partial charge >= 0.3 is 0 Å². The van der Waals surface area contributed by atoms with Crippen molar-refractivity contribution in [2.75, 3.05) is 0 Å². The molecule has 0 bridgehead atoms. The monoisotopic (exact) mass is 473 g/mol. The van der Waals surface area contributed by atoms with Crippen molar-refractivity contribution in [1.82, 2.24) is 13.9 Å². The van der Waals surface area contributed by atoms with Crippen molar-refractivity contribution in [3.63, 3.8) is 0 Å². The summed E-state index contributed by atoms with van der Waals surface area (Å²) < 4.78 is 32.3. The van der Waals surface area contributed by atoms with Crippen LogP contribution in [0.4, 0.5) is 0 Å². The molecule has 2 aromatic heterocycles. The number of hydrogen-bond acceptors (Lipinski definition) is 3. The summed E-state index contributed by atoms with van der Waals surface area (Å²) in [5.41, 5.74) is 4.03. The van der Waals surface area contributed by atoms with Gasteiger partial charge in [-0.25, -0.2) is 8.42 Å². The number of nitrogens with zero attached hydrogens (tertiary/aromatic N) is 3. The zero-order valence-electron chi connectivity index (χ0n) is 19.6. The first kappa shape index (κ1) is 22.8. The molecule has 1 saturated carbocycles. The number of aromatic nitrogens is 2. The van der Waals surface area contributed by atoms with Crippen molar-refractivity contribution in [3.8, 4) is 0 Å². The third kappa shape index (κ3) is 4.52. The molecule has 1 fully saturated rings. The quantitative estimate of drug-likeness (QED) is 0.335. The van der Waals surface area contributed by atoms with Crippen LogP contribution >= 0.6 is 0 Å². The molecular formula is C28H31N3O2S. The van der Waals surface area contributed by atoms with E-state index in [2.05, 4.69) is 34.7 Å². The van der Waals surface area contributed by atoms with Gasteiger partial charge in [0.2, 0.25) is 10.0 Å². The largest absolute Gasteiger partial charge is 0.346 e. The zero-order chi connectivity index (χ0) is 23.5. The summed E-state index contributed by atoms with van der Waals surface area (Å²) in [4.78, 5) is 4.74. The van der Waals surface area contributed by atoms with E-state index >= 15 is 0 Å². The molecule has 6 heteroatoms. The fraction of sp³-hybridized carbons (Fsp3) is 0.321. The molecular weight excluding hydrogens is 442 g/mol. The van der Waals surface area contributed by atoms with Gasteiger partial charge in [0.1, 0.15) is 4.90 Å². The molecule has 0 aliphatic heterocycles. The maximum atomic E-state index is 14.2. The number of hydrogen-bond donors (Lipinski definition) is 0. The van der Waals surface area contributed by atoms with E-state index in [9.17, 15) is 8.42 Å². The second kappa shape index (κ2) is 9.72. The minimum absolute atomic E-state index is 0.000435. The maximum Gasteiger partial charge on any atom is 0.245 e. The summed E-state index contributed by atoms with van der Waals surface area (Å²) >= 11 is 0. The predicted octanol–water partition coefficient (Wildman–Crippen LogP) is 5.92. The van der Waals surface area contributed by atoms with Gasteiger partial charge in [-0.05, 0) is 55.2 Å². The van der Waals surface area contributed by atoms with E-state index in [0.717, 1.165) is 43.3 Å². The second-order valence-corrected chi connectivity index (χ2v) is 11.1. The first-order valence-corrected chi connectivity index (χ1v) is 13.5. The van der Waals surface area contributed by atoms with Gasteiger partial charge in [-0.2, -0.15) is 4.31 Å². The molecule has 0 spiro atoms. The first-order valence-electron chi connectivity index (χ1n) is 12.1. The Morgan fingerprint density at radius 1 is 0.941 bits per heavy atom. The third-order valence-electron chi connectivity index (χ3n) is 7.01. The van der Waals surface area contributed by atoms with E-state index in [1.807, 2.05) is 48.7 Å². The molecule has 0 radical (unpaired) electrons. The molecule has 5 nitrogen and oxygen atoms in total. The van der Waals surface area contributed by atoms with Crippen LogP contribution in [0.3, 0.4) is 0 Å². The highest BCUT2D eigenvalue weighted by Gasteiger charge is 2.34. The molecule has 0 N–H and O–H groups in total. The van der Waals surface area contributed by atoms with Crippen molar-refractivity contribution >= 4 is 20.9 Å². The Morgan fingerprint density at radius 2 is 1.74 bits per heavy atom. The van der Waals surface area contributed by atoms with Crippen LogP contribution in [0.25, 0.3) is 10.9 Å². The number of para-hydroxylation sites is 1. The summed E-state index contributed by atoms with van der Waals surface area (Å²) in [5.74, 6) is 0. The number of sulfonamides is 1. The van der Waals surface area contributed by atoms with E-state index in [0.29, 0.717) is 17.0 Å². The number of aryl methyl sites for hydroxylation is 1. The molecule has 0 atom stereocenters. The lowest BCUT2D eigenvalue weighted by molar-refractivity contribution is 0.244. The fourth-order valence-corrected chi connectivity index (χ4v) is 6.89. The van der Waals surface area contributed by atoms with E-state index in [-0.39, 0.29) is 6.04 Å². The number of rotatable bonds is 7. The predicted molar refractivity (Wildman–Crippen MR) is 136 cm³/mol. The van der Waals surface area contributed by atoms with E-state index in [1.54, 1.807) is 16.6 Å². The topological polar surface area (TPSA) is 55.2 Å². The molecule has 2 aromatic carbocycles. The highest BCUT2D eigenvalue weighted by atomic mass is 32.2. The minimum atomic E-state index is -3.74. The van der Waals surface area contributed by atoms with E-state index < -0.39 is 10.0 Å². The van der Waals surface area contributed by atoms with Crippen LogP contribution < -0.4 is 0 Å². The van der Waals surface area contributed by atoms with Crippen molar-refractivity contribution in [2.24, 2.45) is 0 Å². The molecule has 2 heterocycles. The molecule has 5 rings (SSSR count). The lowest BCUT2D eigenvalue weighted by atomic mass is 9.95. The van der Waals surface area contributed by atoms with Crippen LogP contribution in [0, 0.1) is 6.92 Å². The van der Waals surface area contributed by atoms with Crippen molar-refractivity contribution < 1.29 is 8.42 Å². The smallest absolute Gasteiger partial charge is 0.245 e. The minimum Gasteiger partial charge on any atom is -0.346 e.